The molecular formula is C58H104. The predicted octanol–water partition coefficient (Wildman–Crippen LogP) is 19.4. The predicted molar refractivity (Wildman–Crippen MR) is 254 cm³/mol. The van der Waals surface area contributed by atoms with Gasteiger partial charge in [-0.15, -0.1) is 0 Å². The molecule has 7 saturated carbocycles. The minimum absolute atomic E-state index is 0.428. The van der Waals surface area contributed by atoms with Crippen molar-refractivity contribution in [1.29, 1.82) is 0 Å². The van der Waals surface area contributed by atoms with Gasteiger partial charge in [0.15, 0.2) is 0 Å². The molecule has 0 saturated heterocycles. The lowest BCUT2D eigenvalue weighted by Gasteiger charge is -2.80. The van der Waals surface area contributed by atoms with Crippen LogP contribution >= 0.6 is 0 Å². The van der Waals surface area contributed by atoms with Crippen molar-refractivity contribution in [3.05, 3.63) is 0 Å². The molecule has 0 aromatic carbocycles. The summed E-state index contributed by atoms with van der Waals surface area (Å²) in [5.74, 6) is 5.72. The summed E-state index contributed by atoms with van der Waals surface area (Å²) in [6.07, 6.45) is 61.6. The van der Waals surface area contributed by atoms with Gasteiger partial charge in [0.25, 0.3) is 0 Å². The van der Waals surface area contributed by atoms with Crippen molar-refractivity contribution < 1.29 is 0 Å². The Labute approximate surface area is 365 Å². The van der Waals surface area contributed by atoms with Gasteiger partial charge in [-0.1, -0.05) is 170 Å². The zero-order valence-electron chi connectivity index (χ0n) is 40.7. The maximum Gasteiger partial charge on any atom is -0.0143 e. The highest BCUT2D eigenvalue weighted by atomic mass is 14.8. The molecule has 0 bridgehead atoms. The van der Waals surface area contributed by atoms with Gasteiger partial charge in [0.1, 0.15) is 0 Å². The highest BCUT2D eigenvalue weighted by Crippen LogP contribution is 2.86. The maximum absolute atomic E-state index is 2.95. The molecule has 7 aliphatic rings. The van der Waals surface area contributed by atoms with E-state index < -0.39 is 0 Å². The molecule has 0 amide bonds. The number of hydrogen-bond donors (Lipinski definition) is 0. The van der Waals surface area contributed by atoms with Crippen molar-refractivity contribution in [2.75, 3.05) is 0 Å². The second-order valence-electron chi connectivity index (χ2n) is 23.5. The Morgan fingerprint density at radius 2 is 0.431 bits per heavy atom. The smallest absolute Gasteiger partial charge is 0.0143 e. The molecule has 6 atom stereocenters. The van der Waals surface area contributed by atoms with Gasteiger partial charge in [-0.2, -0.15) is 0 Å². The van der Waals surface area contributed by atoms with E-state index in [1.165, 1.54) is 167 Å². The van der Waals surface area contributed by atoms with Gasteiger partial charge >= 0.3 is 0 Å². The highest BCUT2D eigenvalue weighted by molar-refractivity contribution is 5.27. The molecule has 7 aliphatic carbocycles. The first-order chi connectivity index (χ1) is 28.5. The van der Waals surface area contributed by atoms with E-state index in [0.29, 0.717) is 32.5 Å². The molecule has 0 nitrogen and oxygen atoms in total. The van der Waals surface area contributed by atoms with Gasteiger partial charge in [-0.05, 0) is 196 Å². The van der Waals surface area contributed by atoms with Crippen LogP contribution in [0, 0.1) is 68.0 Å². The summed E-state index contributed by atoms with van der Waals surface area (Å²) < 4.78 is 0. The van der Waals surface area contributed by atoms with E-state index in [0.717, 1.165) is 35.5 Å². The van der Waals surface area contributed by atoms with Gasteiger partial charge in [0.2, 0.25) is 0 Å². The van der Waals surface area contributed by atoms with E-state index in [1.807, 2.05) is 0 Å². The van der Waals surface area contributed by atoms with Crippen LogP contribution in [0.25, 0.3) is 0 Å². The molecule has 0 N–H and O–H groups in total. The molecule has 0 aromatic rings. The molecule has 7 rings (SSSR count). The normalized spacial score (nSPS) is 41.1. The lowest BCUT2D eigenvalue weighted by molar-refractivity contribution is -0.329. The summed E-state index contributed by atoms with van der Waals surface area (Å²) in [7, 11) is 0. The Morgan fingerprint density at radius 3 is 0.655 bits per heavy atom. The third-order valence-corrected chi connectivity index (χ3v) is 23.1. The average Bonchev–Trinajstić information content (AvgIpc) is 4.12. The van der Waals surface area contributed by atoms with Crippen LogP contribution in [0.4, 0.5) is 0 Å². The molecule has 0 spiro atoms. The first-order valence-electron chi connectivity index (χ1n) is 28.5. The molecule has 7 fully saturated rings. The van der Waals surface area contributed by atoms with Gasteiger partial charge < -0.3 is 0 Å². The fourth-order valence-corrected chi connectivity index (χ4v) is 22.2. The van der Waals surface area contributed by atoms with Crippen LogP contribution in [-0.2, 0) is 0 Å². The van der Waals surface area contributed by atoms with E-state index in [1.54, 1.807) is 89.9 Å². The lowest BCUT2D eigenvalue weighted by Crippen LogP contribution is -2.75. The van der Waals surface area contributed by atoms with Crippen LogP contribution < -0.4 is 0 Å². The minimum atomic E-state index is 0.428. The van der Waals surface area contributed by atoms with Gasteiger partial charge in [-0.3, -0.25) is 0 Å². The van der Waals surface area contributed by atoms with E-state index in [4.69, 9.17) is 0 Å². The Hall–Kier alpha value is 0. The largest absolute Gasteiger partial charge is 0.0648 e. The van der Waals surface area contributed by atoms with Gasteiger partial charge in [-0.25, -0.2) is 0 Å². The fraction of sp³-hybridized carbons (Fsp3) is 1.00. The SMILES string of the molecule is CCC1(C2CCCC2)CCCCCCCCCCC(CC)(C2CCCC2)C(CC)(C2CCCC2)C(CC)(C2CCCC2)C(CC)(C2CCCC2)C1(CC)C1CCCC1. The van der Waals surface area contributed by atoms with E-state index in [9.17, 15) is 0 Å². The van der Waals surface area contributed by atoms with Crippen LogP contribution in [0.1, 0.15) is 298 Å². The Balaban J connectivity index is 1.68. The maximum atomic E-state index is 2.95. The van der Waals surface area contributed by atoms with E-state index in [2.05, 4.69) is 41.5 Å². The van der Waals surface area contributed by atoms with Crippen molar-refractivity contribution in [2.24, 2.45) is 68.0 Å². The zero-order valence-corrected chi connectivity index (χ0v) is 40.7. The number of hydrogen-bond acceptors (Lipinski definition) is 0. The van der Waals surface area contributed by atoms with Crippen LogP contribution in [0.2, 0.25) is 0 Å². The monoisotopic (exact) mass is 801 g/mol. The molecule has 6 unspecified atom stereocenters. The zero-order chi connectivity index (χ0) is 40.7. The standard InChI is InChI=1S/C58H104/c1-7-53(47-33-19-20-34-47)45-31-17-15-13-14-16-18-32-46-54(8-2,48-35-21-22-36-48)56(10-4,50-39-25-26-40-50)58(12-6,52-43-29-30-44-52)57(11-5,51-41-27-28-42-51)55(53,9-3)49-37-23-24-38-49/h47-52H,7-46H2,1-6H3. The second-order valence-corrected chi connectivity index (χ2v) is 23.5. The molecule has 0 radical (unpaired) electrons. The van der Waals surface area contributed by atoms with E-state index >= 15 is 0 Å². The minimum Gasteiger partial charge on any atom is -0.0648 e. The second kappa shape index (κ2) is 20.2. The summed E-state index contributed by atoms with van der Waals surface area (Å²) >= 11 is 0. The summed E-state index contributed by atoms with van der Waals surface area (Å²) in [6.45, 7) is 17.4. The average molecular weight is 801 g/mol. The molecule has 0 heterocycles. The molecule has 0 aliphatic heterocycles. The van der Waals surface area contributed by atoms with Crippen molar-refractivity contribution in [3.8, 4) is 0 Å². The lowest BCUT2D eigenvalue weighted by atomic mass is 9.23. The van der Waals surface area contributed by atoms with Gasteiger partial charge in [0.05, 0.1) is 0 Å². The van der Waals surface area contributed by atoms with Crippen molar-refractivity contribution in [2.45, 2.75) is 298 Å². The highest BCUT2D eigenvalue weighted by Gasteiger charge is 2.80. The first kappa shape index (κ1) is 46.0. The molecular weight excluding hydrogens is 697 g/mol. The van der Waals surface area contributed by atoms with Crippen molar-refractivity contribution in [3.63, 3.8) is 0 Å². The Bertz CT molecular complexity index is 1100. The molecule has 58 heavy (non-hydrogen) atoms. The van der Waals surface area contributed by atoms with Gasteiger partial charge in [0, 0.05) is 0 Å². The van der Waals surface area contributed by atoms with Crippen molar-refractivity contribution >= 4 is 0 Å². The summed E-state index contributed by atoms with van der Waals surface area (Å²) in [5, 5.41) is 0. The quantitative estimate of drug-likeness (QED) is 0.184. The Morgan fingerprint density at radius 1 is 0.224 bits per heavy atom. The van der Waals surface area contributed by atoms with Crippen LogP contribution in [-0.4, -0.2) is 0 Å². The van der Waals surface area contributed by atoms with Crippen LogP contribution in [0.5, 0.6) is 0 Å². The third kappa shape index (κ3) is 6.96. The van der Waals surface area contributed by atoms with Crippen molar-refractivity contribution in [1.82, 2.24) is 0 Å². The molecule has 0 aromatic heterocycles. The third-order valence-electron chi connectivity index (χ3n) is 23.1. The topological polar surface area (TPSA) is 0 Å². The Kier molecular flexibility index (Phi) is 16.0. The molecule has 336 valence electrons. The van der Waals surface area contributed by atoms with Crippen LogP contribution in [0.15, 0.2) is 0 Å². The van der Waals surface area contributed by atoms with E-state index in [-0.39, 0.29) is 0 Å². The summed E-state index contributed by atoms with van der Waals surface area (Å²) in [4.78, 5) is 0. The van der Waals surface area contributed by atoms with Crippen LogP contribution in [0.3, 0.4) is 0 Å². The number of rotatable bonds is 12. The first-order valence-corrected chi connectivity index (χ1v) is 28.5. The summed E-state index contributed by atoms with van der Waals surface area (Å²) in [5.41, 5.74) is 2.76. The molecule has 0 heteroatoms. The fourth-order valence-electron chi connectivity index (χ4n) is 22.2. The summed E-state index contributed by atoms with van der Waals surface area (Å²) in [6, 6.07) is 0.